The monoisotopic (exact) mass is 223 g/mol. The third-order valence-electron chi connectivity index (χ3n) is 4.90. The summed E-state index contributed by atoms with van der Waals surface area (Å²) < 4.78 is 5.53. The van der Waals surface area contributed by atoms with E-state index in [4.69, 9.17) is 4.74 Å². The Morgan fingerprint density at radius 2 is 1.75 bits per heavy atom. The van der Waals surface area contributed by atoms with Gasteiger partial charge in [-0.25, -0.2) is 0 Å². The summed E-state index contributed by atoms with van der Waals surface area (Å²) in [5.41, 5.74) is 0.769. The van der Waals surface area contributed by atoms with Crippen molar-refractivity contribution in [3.63, 3.8) is 0 Å². The minimum atomic E-state index is 0.652. The highest BCUT2D eigenvalue weighted by Gasteiger charge is 2.44. The van der Waals surface area contributed by atoms with Crippen LogP contribution in [0, 0.1) is 5.41 Å². The van der Waals surface area contributed by atoms with Crippen LogP contribution >= 0.6 is 0 Å². The van der Waals surface area contributed by atoms with E-state index in [1.165, 1.54) is 57.8 Å². The maximum atomic E-state index is 5.53. The first-order valence-corrected chi connectivity index (χ1v) is 7.20. The fraction of sp³-hybridized carbons (Fsp3) is 1.00. The summed E-state index contributed by atoms with van der Waals surface area (Å²) in [6.45, 7) is 1.93. The van der Waals surface area contributed by atoms with Gasteiger partial charge in [-0.05, 0) is 43.9 Å². The van der Waals surface area contributed by atoms with Crippen LogP contribution in [0.2, 0.25) is 0 Å². The lowest BCUT2D eigenvalue weighted by Gasteiger charge is -2.51. The van der Waals surface area contributed by atoms with Gasteiger partial charge in [0.15, 0.2) is 0 Å². The zero-order valence-electron chi connectivity index (χ0n) is 10.3. The van der Waals surface area contributed by atoms with Crippen LogP contribution in [0.15, 0.2) is 0 Å². The summed E-state index contributed by atoms with van der Waals surface area (Å²) >= 11 is 0. The number of nitrogens with one attached hydrogen (secondary N) is 1. The van der Waals surface area contributed by atoms with Crippen LogP contribution in [0.25, 0.3) is 0 Å². The highest BCUT2D eigenvalue weighted by molar-refractivity contribution is 4.99. The molecule has 0 aromatic carbocycles. The smallest absolute Gasteiger partial charge is 0.0619 e. The molecule has 1 aliphatic heterocycles. The Kier molecular flexibility index (Phi) is 3.21. The topological polar surface area (TPSA) is 21.3 Å². The van der Waals surface area contributed by atoms with Crippen LogP contribution in [0.1, 0.15) is 57.8 Å². The molecule has 1 N–H and O–H groups in total. The first-order chi connectivity index (χ1) is 7.86. The average molecular weight is 223 g/mol. The molecule has 2 nitrogen and oxygen atoms in total. The van der Waals surface area contributed by atoms with Crippen molar-refractivity contribution >= 4 is 0 Å². The Labute approximate surface area is 99.1 Å². The van der Waals surface area contributed by atoms with Crippen molar-refractivity contribution in [2.24, 2.45) is 5.41 Å². The quantitative estimate of drug-likeness (QED) is 0.777. The number of rotatable bonds is 2. The summed E-state index contributed by atoms with van der Waals surface area (Å²) in [6, 6.07) is 1.46. The molecule has 92 valence electrons. The summed E-state index contributed by atoms with van der Waals surface area (Å²) in [4.78, 5) is 0. The van der Waals surface area contributed by atoms with Gasteiger partial charge in [0, 0.05) is 18.7 Å². The van der Waals surface area contributed by atoms with Crippen LogP contribution in [0.4, 0.5) is 0 Å². The van der Waals surface area contributed by atoms with E-state index in [1.807, 2.05) is 0 Å². The van der Waals surface area contributed by atoms with Gasteiger partial charge in [0.05, 0.1) is 6.61 Å². The molecule has 1 atom stereocenters. The Morgan fingerprint density at radius 1 is 0.938 bits per heavy atom. The molecule has 0 aromatic rings. The van der Waals surface area contributed by atoms with Gasteiger partial charge < -0.3 is 10.1 Å². The number of hydrogen-bond donors (Lipinski definition) is 1. The van der Waals surface area contributed by atoms with E-state index in [0.717, 1.165) is 24.7 Å². The molecule has 2 heteroatoms. The van der Waals surface area contributed by atoms with Gasteiger partial charge >= 0.3 is 0 Å². The van der Waals surface area contributed by atoms with Gasteiger partial charge in [-0.15, -0.1) is 0 Å². The van der Waals surface area contributed by atoms with E-state index in [-0.39, 0.29) is 0 Å². The lowest BCUT2D eigenvalue weighted by Crippen LogP contribution is -2.54. The van der Waals surface area contributed by atoms with E-state index in [2.05, 4.69) is 5.32 Å². The first-order valence-electron chi connectivity index (χ1n) is 7.20. The molecule has 3 rings (SSSR count). The molecule has 0 aromatic heterocycles. The minimum absolute atomic E-state index is 0.652. The average Bonchev–Trinajstić information content (AvgIpc) is 2.30. The van der Waals surface area contributed by atoms with Crippen molar-refractivity contribution in [3.8, 4) is 0 Å². The van der Waals surface area contributed by atoms with E-state index in [0.29, 0.717) is 6.04 Å². The highest BCUT2D eigenvalue weighted by Crippen LogP contribution is 2.51. The number of hydrogen-bond acceptors (Lipinski definition) is 2. The van der Waals surface area contributed by atoms with Crippen molar-refractivity contribution < 1.29 is 4.74 Å². The molecule has 1 heterocycles. The second-order valence-corrected chi connectivity index (χ2v) is 6.25. The molecule has 0 amide bonds. The maximum absolute atomic E-state index is 5.53. The molecule has 16 heavy (non-hydrogen) atoms. The summed E-state index contributed by atoms with van der Waals surface area (Å²) in [7, 11) is 0. The Bertz CT molecular complexity index is 218. The zero-order chi connectivity index (χ0) is 10.8. The fourth-order valence-corrected chi connectivity index (χ4v) is 4.02. The standard InChI is InChI=1S/C14H25NO/c1-2-6-14(7-3-1)9-13(10-14)15-12-5-4-8-16-11-12/h12-13,15H,1-11H2. The molecule has 0 radical (unpaired) electrons. The van der Waals surface area contributed by atoms with Crippen molar-refractivity contribution in [1.29, 1.82) is 0 Å². The Hall–Kier alpha value is -0.0800. The third kappa shape index (κ3) is 2.28. The van der Waals surface area contributed by atoms with Crippen molar-refractivity contribution in [3.05, 3.63) is 0 Å². The lowest BCUT2D eigenvalue weighted by molar-refractivity contribution is 0.0110. The van der Waals surface area contributed by atoms with E-state index in [1.54, 1.807) is 0 Å². The van der Waals surface area contributed by atoms with Gasteiger partial charge in [0.2, 0.25) is 0 Å². The predicted octanol–water partition coefficient (Wildman–Crippen LogP) is 2.87. The summed E-state index contributed by atoms with van der Waals surface area (Å²) in [5, 5.41) is 3.80. The second-order valence-electron chi connectivity index (χ2n) is 6.25. The largest absolute Gasteiger partial charge is 0.380 e. The van der Waals surface area contributed by atoms with Crippen LogP contribution in [0.5, 0.6) is 0 Å². The van der Waals surface area contributed by atoms with E-state index in [9.17, 15) is 0 Å². The van der Waals surface area contributed by atoms with Gasteiger partial charge in [-0.2, -0.15) is 0 Å². The second kappa shape index (κ2) is 4.66. The molecule has 1 saturated heterocycles. The molecular formula is C14H25NO. The molecule has 0 bridgehead atoms. The molecule has 2 aliphatic carbocycles. The van der Waals surface area contributed by atoms with Crippen LogP contribution in [-0.2, 0) is 4.74 Å². The van der Waals surface area contributed by atoms with E-state index >= 15 is 0 Å². The van der Waals surface area contributed by atoms with Crippen molar-refractivity contribution in [1.82, 2.24) is 5.32 Å². The van der Waals surface area contributed by atoms with Crippen LogP contribution < -0.4 is 5.32 Å². The molecule has 2 saturated carbocycles. The minimum Gasteiger partial charge on any atom is -0.380 e. The SMILES string of the molecule is C1CCC2(CC1)CC(NC1CCCOC1)C2. The van der Waals surface area contributed by atoms with Gasteiger partial charge in [-0.1, -0.05) is 19.3 Å². The Morgan fingerprint density at radius 3 is 2.44 bits per heavy atom. The van der Waals surface area contributed by atoms with Crippen LogP contribution in [0.3, 0.4) is 0 Å². The zero-order valence-corrected chi connectivity index (χ0v) is 10.3. The van der Waals surface area contributed by atoms with Crippen LogP contribution in [-0.4, -0.2) is 25.3 Å². The van der Waals surface area contributed by atoms with E-state index < -0.39 is 0 Å². The summed E-state index contributed by atoms with van der Waals surface area (Å²) in [6.07, 6.45) is 12.9. The van der Waals surface area contributed by atoms with Gasteiger partial charge in [0.1, 0.15) is 0 Å². The van der Waals surface area contributed by atoms with Crippen molar-refractivity contribution in [2.45, 2.75) is 69.9 Å². The fourth-order valence-electron chi connectivity index (χ4n) is 4.02. The first kappa shape index (κ1) is 11.0. The lowest BCUT2D eigenvalue weighted by atomic mass is 9.58. The molecule has 1 unspecified atom stereocenters. The number of ether oxygens (including phenoxy) is 1. The third-order valence-corrected chi connectivity index (χ3v) is 4.90. The molecule has 3 aliphatic rings. The van der Waals surface area contributed by atoms with Gasteiger partial charge in [-0.3, -0.25) is 0 Å². The molecular weight excluding hydrogens is 198 g/mol. The normalized spacial score (nSPS) is 34.9. The van der Waals surface area contributed by atoms with Gasteiger partial charge in [0.25, 0.3) is 0 Å². The summed E-state index contributed by atoms with van der Waals surface area (Å²) in [5.74, 6) is 0. The van der Waals surface area contributed by atoms with Crippen molar-refractivity contribution in [2.75, 3.05) is 13.2 Å². The highest BCUT2D eigenvalue weighted by atomic mass is 16.5. The molecule has 1 spiro atoms. The Balaban J connectivity index is 1.42. The maximum Gasteiger partial charge on any atom is 0.0619 e. The molecule has 3 fully saturated rings. The predicted molar refractivity (Wildman–Crippen MR) is 65.5 cm³/mol.